The topological polar surface area (TPSA) is 98.3 Å². The minimum Gasteiger partial charge on any atom is -0.550 e. The molecule has 25 heavy (non-hydrogen) atoms. The van der Waals surface area contributed by atoms with Crippen molar-refractivity contribution in [3.8, 4) is 0 Å². The molecule has 1 aromatic carbocycles. The minimum absolute atomic E-state index is 0.116. The highest BCUT2D eigenvalue weighted by molar-refractivity contribution is 5.96. The molecular formula is C19H21N2O4-. The van der Waals surface area contributed by atoms with Gasteiger partial charge in [-0.25, -0.2) is 0 Å². The van der Waals surface area contributed by atoms with Crippen molar-refractivity contribution in [1.82, 2.24) is 10.9 Å². The summed E-state index contributed by atoms with van der Waals surface area (Å²) in [6.45, 7) is 4.12. The van der Waals surface area contributed by atoms with Crippen LogP contribution in [0.5, 0.6) is 0 Å². The largest absolute Gasteiger partial charge is 0.550 e. The van der Waals surface area contributed by atoms with Gasteiger partial charge in [0.2, 0.25) is 5.91 Å². The van der Waals surface area contributed by atoms with E-state index < -0.39 is 29.6 Å². The quantitative estimate of drug-likeness (QED) is 0.624. The number of allylic oxidation sites excluding steroid dienone is 2. The molecule has 1 saturated carbocycles. The Bertz CT molecular complexity index is 723. The molecule has 2 aliphatic rings. The lowest BCUT2D eigenvalue weighted by Crippen LogP contribution is -2.50. The molecule has 132 valence electrons. The number of hydrazine groups is 1. The van der Waals surface area contributed by atoms with Gasteiger partial charge in [0.05, 0.1) is 5.92 Å². The fourth-order valence-corrected chi connectivity index (χ4v) is 3.79. The average molecular weight is 341 g/mol. The van der Waals surface area contributed by atoms with Crippen LogP contribution in [0.2, 0.25) is 0 Å². The van der Waals surface area contributed by atoms with Crippen LogP contribution in [-0.4, -0.2) is 17.8 Å². The molecule has 6 nitrogen and oxygen atoms in total. The second kappa shape index (κ2) is 6.70. The fraction of sp³-hybridized carbons (Fsp3) is 0.421. The summed E-state index contributed by atoms with van der Waals surface area (Å²) in [5.74, 6) is -3.59. The van der Waals surface area contributed by atoms with Gasteiger partial charge in [-0.3, -0.25) is 20.4 Å². The Kier molecular flexibility index (Phi) is 4.61. The molecule has 6 heteroatoms. The van der Waals surface area contributed by atoms with Crippen LogP contribution in [0.15, 0.2) is 36.4 Å². The van der Waals surface area contributed by atoms with Gasteiger partial charge in [0, 0.05) is 17.5 Å². The van der Waals surface area contributed by atoms with Crippen LogP contribution in [0.1, 0.15) is 42.1 Å². The molecule has 2 N–H and O–H groups in total. The molecule has 4 atom stereocenters. The van der Waals surface area contributed by atoms with Gasteiger partial charge < -0.3 is 9.90 Å². The van der Waals surface area contributed by atoms with E-state index in [0.717, 1.165) is 5.56 Å². The highest BCUT2D eigenvalue weighted by atomic mass is 16.4. The van der Waals surface area contributed by atoms with Crippen LogP contribution in [0, 0.1) is 23.7 Å². The lowest BCUT2D eigenvalue weighted by Gasteiger charge is -2.27. The molecule has 1 fully saturated rings. The monoisotopic (exact) mass is 341 g/mol. The van der Waals surface area contributed by atoms with Crippen molar-refractivity contribution in [3.05, 3.63) is 47.5 Å². The zero-order chi connectivity index (χ0) is 18.1. The van der Waals surface area contributed by atoms with Gasteiger partial charge in [-0.05, 0) is 41.9 Å². The fourth-order valence-electron chi connectivity index (χ4n) is 3.79. The Hall–Kier alpha value is -2.63. The van der Waals surface area contributed by atoms with Crippen molar-refractivity contribution in [3.63, 3.8) is 0 Å². The summed E-state index contributed by atoms with van der Waals surface area (Å²) < 4.78 is 0. The molecule has 0 heterocycles. The third kappa shape index (κ3) is 3.29. The molecule has 3 rings (SSSR count). The Morgan fingerprint density at radius 3 is 2.16 bits per heavy atom. The van der Waals surface area contributed by atoms with E-state index in [-0.39, 0.29) is 11.8 Å². The third-order valence-electron chi connectivity index (χ3n) is 5.17. The van der Waals surface area contributed by atoms with Gasteiger partial charge in [-0.15, -0.1) is 0 Å². The van der Waals surface area contributed by atoms with Crippen molar-refractivity contribution in [2.45, 2.75) is 26.2 Å². The number of amides is 2. The highest BCUT2D eigenvalue weighted by Gasteiger charge is 2.48. The summed E-state index contributed by atoms with van der Waals surface area (Å²) in [7, 11) is 0. The summed E-state index contributed by atoms with van der Waals surface area (Å²) in [4.78, 5) is 35.9. The van der Waals surface area contributed by atoms with Gasteiger partial charge in [0.25, 0.3) is 5.91 Å². The summed E-state index contributed by atoms with van der Waals surface area (Å²) in [5, 5.41) is 11.3. The van der Waals surface area contributed by atoms with Crippen molar-refractivity contribution < 1.29 is 19.5 Å². The average Bonchev–Trinajstić information content (AvgIpc) is 3.20. The molecule has 0 aliphatic heterocycles. The first kappa shape index (κ1) is 17.2. The molecule has 0 radical (unpaired) electrons. The summed E-state index contributed by atoms with van der Waals surface area (Å²) in [6, 6.07) is 7.13. The first-order valence-electron chi connectivity index (χ1n) is 8.48. The molecule has 0 spiro atoms. The van der Waals surface area contributed by atoms with Crippen LogP contribution in [0.25, 0.3) is 0 Å². The summed E-state index contributed by atoms with van der Waals surface area (Å²) in [5.41, 5.74) is 6.28. The SMILES string of the molecule is CC(C)c1ccc(C(=O)NNC(=O)[C@H]2[C@@H](C(=O)[O-])[C@H]3C=C[C@H]2C3)cc1. The maximum Gasteiger partial charge on any atom is 0.269 e. The Morgan fingerprint density at radius 2 is 1.60 bits per heavy atom. The van der Waals surface area contributed by atoms with E-state index >= 15 is 0 Å². The zero-order valence-electron chi connectivity index (χ0n) is 14.2. The first-order valence-corrected chi connectivity index (χ1v) is 8.48. The van der Waals surface area contributed by atoms with Crippen molar-refractivity contribution in [2.24, 2.45) is 23.7 Å². The molecule has 0 unspecified atom stereocenters. The molecule has 2 bridgehead atoms. The zero-order valence-corrected chi connectivity index (χ0v) is 14.2. The molecule has 1 aromatic rings. The smallest absolute Gasteiger partial charge is 0.269 e. The van der Waals surface area contributed by atoms with Gasteiger partial charge in [0.1, 0.15) is 0 Å². The van der Waals surface area contributed by atoms with Crippen molar-refractivity contribution >= 4 is 17.8 Å². The Balaban J connectivity index is 1.61. The predicted molar refractivity (Wildman–Crippen MR) is 88.9 cm³/mol. The van der Waals surface area contributed by atoms with Crippen LogP contribution in [0.3, 0.4) is 0 Å². The van der Waals surface area contributed by atoms with Crippen molar-refractivity contribution in [2.75, 3.05) is 0 Å². The molecule has 0 saturated heterocycles. The van der Waals surface area contributed by atoms with Gasteiger partial charge in [-0.1, -0.05) is 38.1 Å². The number of fused-ring (bicyclic) bond motifs is 2. The Labute approximate surface area is 146 Å². The van der Waals surface area contributed by atoms with E-state index in [9.17, 15) is 19.5 Å². The highest BCUT2D eigenvalue weighted by Crippen LogP contribution is 2.47. The second-order valence-corrected chi connectivity index (χ2v) is 7.04. The number of hydrogen-bond donors (Lipinski definition) is 2. The van der Waals surface area contributed by atoms with Gasteiger partial charge in [-0.2, -0.15) is 0 Å². The van der Waals surface area contributed by atoms with E-state index in [1.165, 1.54) is 0 Å². The van der Waals surface area contributed by atoms with Gasteiger partial charge >= 0.3 is 0 Å². The van der Waals surface area contributed by atoms with Crippen molar-refractivity contribution in [1.29, 1.82) is 0 Å². The molecular weight excluding hydrogens is 320 g/mol. The minimum atomic E-state index is -1.22. The predicted octanol–water partition coefficient (Wildman–Crippen LogP) is 0.759. The maximum atomic E-state index is 12.4. The normalized spacial score (nSPS) is 26.7. The van der Waals surface area contributed by atoms with Crippen LogP contribution in [-0.2, 0) is 9.59 Å². The van der Waals surface area contributed by atoms with E-state index in [4.69, 9.17) is 0 Å². The molecule has 0 aromatic heterocycles. The number of benzene rings is 1. The summed E-state index contributed by atoms with van der Waals surface area (Å²) in [6.07, 6.45) is 4.35. The molecule has 2 aliphatic carbocycles. The number of aliphatic carboxylic acids is 1. The van der Waals surface area contributed by atoms with Crippen LogP contribution >= 0.6 is 0 Å². The lowest BCUT2D eigenvalue weighted by atomic mass is 9.82. The van der Waals surface area contributed by atoms with E-state index in [1.54, 1.807) is 12.1 Å². The van der Waals surface area contributed by atoms with E-state index in [1.807, 2.05) is 24.3 Å². The number of carbonyl (C=O) groups excluding carboxylic acids is 3. The Morgan fingerprint density at radius 1 is 1.00 bits per heavy atom. The van der Waals surface area contributed by atoms with Crippen LogP contribution < -0.4 is 16.0 Å². The number of carbonyl (C=O) groups is 3. The first-order chi connectivity index (χ1) is 11.9. The number of nitrogens with one attached hydrogen (secondary N) is 2. The standard InChI is InChI=1S/C19H22N2O4/c1-10(2)11-3-5-12(6-4-11)17(22)20-21-18(23)15-13-7-8-14(9-13)16(15)19(24)25/h3-8,10,13-16H,9H2,1-2H3,(H,20,22)(H,21,23)(H,24,25)/p-1/t13-,14-,15+,16-/m0/s1. The van der Waals surface area contributed by atoms with E-state index in [2.05, 4.69) is 24.7 Å². The number of rotatable bonds is 4. The number of hydrogen-bond acceptors (Lipinski definition) is 4. The van der Waals surface area contributed by atoms with Gasteiger partial charge in [0.15, 0.2) is 0 Å². The van der Waals surface area contributed by atoms with E-state index in [0.29, 0.717) is 17.9 Å². The maximum absolute atomic E-state index is 12.4. The second-order valence-electron chi connectivity index (χ2n) is 7.04. The summed E-state index contributed by atoms with van der Waals surface area (Å²) >= 11 is 0. The van der Waals surface area contributed by atoms with Crippen LogP contribution in [0.4, 0.5) is 0 Å². The number of carboxylic acids is 1. The third-order valence-corrected chi connectivity index (χ3v) is 5.17. The number of carboxylic acid groups (broad SMARTS) is 1. The molecule has 2 amide bonds. The lowest BCUT2D eigenvalue weighted by molar-refractivity contribution is -0.313.